The number of ether oxygens (including phenoxy) is 2. The number of nitrogens with two attached hydrogens (primary N) is 1. The highest BCUT2D eigenvalue weighted by molar-refractivity contribution is 5.77. The number of rotatable bonds is 7. The number of benzene rings is 1. The van der Waals surface area contributed by atoms with Crippen LogP contribution in [0.15, 0.2) is 18.2 Å². The van der Waals surface area contributed by atoms with E-state index in [2.05, 4.69) is 15.5 Å². The smallest absolute Gasteiger partial charge is 0.261 e. The molecule has 0 aliphatic carbocycles. The summed E-state index contributed by atoms with van der Waals surface area (Å²) in [6, 6.07) is 5.18. The van der Waals surface area contributed by atoms with Gasteiger partial charge in [0.15, 0.2) is 5.82 Å². The lowest BCUT2D eigenvalue weighted by Gasteiger charge is -2.11. The van der Waals surface area contributed by atoms with Gasteiger partial charge in [0.2, 0.25) is 0 Å². The molecule has 1 aromatic carbocycles. The predicted octanol–water partition coefficient (Wildman–Crippen LogP) is 1.21. The van der Waals surface area contributed by atoms with E-state index < -0.39 is 13.0 Å². The van der Waals surface area contributed by atoms with E-state index in [1.54, 1.807) is 18.2 Å². The van der Waals surface area contributed by atoms with Crippen LogP contribution in [0.4, 0.5) is 14.5 Å². The quantitative estimate of drug-likeness (QED) is 0.611. The monoisotopic (exact) mass is 299 g/mol. The van der Waals surface area contributed by atoms with Crippen LogP contribution in [0, 0.1) is 0 Å². The fourth-order valence-corrected chi connectivity index (χ4v) is 1.82. The maximum Gasteiger partial charge on any atom is 0.261 e. The van der Waals surface area contributed by atoms with Crippen LogP contribution in [0.5, 0.6) is 5.75 Å². The Bertz CT molecular complexity index is 591. The van der Waals surface area contributed by atoms with Gasteiger partial charge in [-0.1, -0.05) is 6.07 Å². The Morgan fingerprint density at radius 1 is 1.38 bits per heavy atom. The van der Waals surface area contributed by atoms with Gasteiger partial charge < -0.3 is 15.2 Å². The van der Waals surface area contributed by atoms with Crippen molar-refractivity contribution in [3.8, 4) is 17.1 Å². The highest BCUT2D eigenvalue weighted by Crippen LogP contribution is 2.33. The largest absolute Gasteiger partial charge is 0.496 e. The van der Waals surface area contributed by atoms with Gasteiger partial charge in [0.1, 0.15) is 12.4 Å². The molecule has 7 nitrogen and oxygen atoms in total. The topological polar surface area (TPSA) is 88.1 Å². The van der Waals surface area contributed by atoms with Crippen molar-refractivity contribution in [1.82, 2.24) is 20.2 Å². The van der Waals surface area contributed by atoms with Gasteiger partial charge in [-0.15, -0.1) is 5.10 Å². The lowest BCUT2D eigenvalue weighted by atomic mass is 10.1. The molecule has 1 heterocycles. The lowest BCUT2D eigenvalue weighted by molar-refractivity contribution is 0.0140. The van der Waals surface area contributed by atoms with Crippen LogP contribution in [0.2, 0.25) is 0 Å². The SMILES string of the molecule is COc1cccc(N)c1-c1nnnn1CCOCC(F)F. The third kappa shape index (κ3) is 3.63. The van der Waals surface area contributed by atoms with Gasteiger partial charge in [0, 0.05) is 5.69 Å². The average Bonchev–Trinajstić information content (AvgIpc) is 2.91. The number of tetrazole rings is 1. The van der Waals surface area contributed by atoms with E-state index in [-0.39, 0.29) is 13.2 Å². The zero-order chi connectivity index (χ0) is 15.2. The van der Waals surface area contributed by atoms with Crippen molar-refractivity contribution < 1.29 is 18.3 Å². The fourth-order valence-electron chi connectivity index (χ4n) is 1.82. The molecule has 0 bridgehead atoms. The van der Waals surface area contributed by atoms with Crippen LogP contribution in [-0.4, -0.2) is 47.0 Å². The van der Waals surface area contributed by atoms with E-state index in [0.717, 1.165) is 0 Å². The van der Waals surface area contributed by atoms with Crippen LogP contribution in [0.1, 0.15) is 0 Å². The summed E-state index contributed by atoms with van der Waals surface area (Å²) >= 11 is 0. The van der Waals surface area contributed by atoms with Gasteiger partial charge in [0.25, 0.3) is 6.43 Å². The van der Waals surface area contributed by atoms with E-state index in [4.69, 9.17) is 15.2 Å². The summed E-state index contributed by atoms with van der Waals surface area (Å²) in [5, 5.41) is 11.3. The van der Waals surface area contributed by atoms with Gasteiger partial charge in [-0.25, -0.2) is 13.5 Å². The molecule has 0 aliphatic heterocycles. The predicted molar refractivity (Wildman–Crippen MR) is 71.0 cm³/mol. The van der Waals surface area contributed by atoms with Gasteiger partial charge in [0.05, 0.1) is 25.8 Å². The molecule has 0 radical (unpaired) electrons. The lowest BCUT2D eigenvalue weighted by Crippen LogP contribution is -2.13. The molecule has 0 spiro atoms. The second kappa shape index (κ2) is 6.93. The molecule has 0 aliphatic rings. The maximum atomic E-state index is 12.0. The summed E-state index contributed by atoms with van der Waals surface area (Å²) in [5.74, 6) is 0.921. The van der Waals surface area contributed by atoms with Crippen molar-refractivity contribution in [2.75, 3.05) is 26.1 Å². The molecule has 2 rings (SSSR count). The highest BCUT2D eigenvalue weighted by atomic mass is 19.3. The van der Waals surface area contributed by atoms with Crippen LogP contribution in [-0.2, 0) is 11.3 Å². The molecule has 114 valence electrons. The van der Waals surface area contributed by atoms with Crippen LogP contribution in [0.3, 0.4) is 0 Å². The number of alkyl halides is 2. The molecule has 2 N–H and O–H groups in total. The van der Waals surface area contributed by atoms with Crippen molar-refractivity contribution in [3.05, 3.63) is 18.2 Å². The maximum absolute atomic E-state index is 12.0. The van der Waals surface area contributed by atoms with Crippen molar-refractivity contribution >= 4 is 5.69 Å². The van der Waals surface area contributed by atoms with Crippen molar-refractivity contribution in [3.63, 3.8) is 0 Å². The molecule has 9 heteroatoms. The molecule has 2 aromatic rings. The number of methoxy groups -OCH3 is 1. The molecule has 0 saturated carbocycles. The minimum atomic E-state index is -2.50. The minimum Gasteiger partial charge on any atom is -0.496 e. The second-order valence-corrected chi connectivity index (χ2v) is 4.12. The average molecular weight is 299 g/mol. The Labute approximate surface area is 119 Å². The van der Waals surface area contributed by atoms with Crippen molar-refractivity contribution in [2.24, 2.45) is 0 Å². The number of hydrogen-bond donors (Lipinski definition) is 1. The fraction of sp³-hybridized carbons (Fsp3) is 0.417. The van der Waals surface area contributed by atoms with Crippen molar-refractivity contribution in [1.29, 1.82) is 0 Å². The Hall–Kier alpha value is -2.29. The number of aromatic nitrogens is 4. The summed E-state index contributed by atoms with van der Waals surface area (Å²) in [4.78, 5) is 0. The normalized spacial score (nSPS) is 11.0. The summed E-state index contributed by atoms with van der Waals surface area (Å²) in [7, 11) is 1.51. The molecule has 1 aromatic heterocycles. The van der Waals surface area contributed by atoms with Gasteiger partial charge in [-0.2, -0.15) is 0 Å². The second-order valence-electron chi connectivity index (χ2n) is 4.12. The number of halogens is 2. The first-order valence-corrected chi connectivity index (χ1v) is 6.18. The van der Waals surface area contributed by atoms with Gasteiger partial charge in [-0.05, 0) is 22.6 Å². The molecule has 0 amide bonds. The van der Waals surface area contributed by atoms with E-state index in [9.17, 15) is 8.78 Å². The third-order valence-electron chi connectivity index (χ3n) is 2.73. The van der Waals surface area contributed by atoms with Crippen molar-refractivity contribution in [2.45, 2.75) is 13.0 Å². The molecular formula is C12H15F2N5O2. The van der Waals surface area contributed by atoms with Crippen LogP contribution in [0.25, 0.3) is 11.4 Å². The molecule has 0 unspecified atom stereocenters. The Balaban J connectivity index is 2.17. The standard InChI is InChI=1S/C12H15F2N5O2/c1-20-9-4-2-3-8(15)11(9)12-16-17-18-19(12)5-6-21-7-10(13)14/h2-4,10H,5-7,15H2,1H3. The minimum absolute atomic E-state index is 0.0669. The number of nitrogen functional groups attached to an aromatic ring is 1. The number of hydrogen-bond acceptors (Lipinski definition) is 6. The molecule has 0 fully saturated rings. The highest BCUT2D eigenvalue weighted by Gasteiger charge is 2.17. The first kappa shape index (κ1) is 15.1. The van der Waals surface area contributed by atoms with E-state index >= 15 is 0 Å². The summed E-state index contributed by atoms with van der Waals surface area (Å²) in [6.07, 6.45) is -2.50. The number of anilines is 1. The summed E-state index contributed by atoms with van der Waals surface area (Å²) in [6.45, 7) is -0.321. The van der Waals surface area contributed by atoms with Gasteiger partial charge >= 0.3 is 0 Å². The summed E-state index contributed by atoms with van der Waals surface area (Å²) in [5.41, 5.74) is 6.94. The molecular weight excluding hydrogens is 284 g/mol. The first-order chi connectivity index (χ1) is 10.1. The number of nitrogens with zero attached hydrogens (tertiary/aromatic N) is 4. The Morgan fingerprint density at radius 2 is 2.19 bits per heavy atom. The van der Waals surface area contributed by atoms with Crippen LogP contribution >= 0.6 is 0 Å². The summed E-state index contributed by atoms with van der Waals surface area (Å²) < 4.78 is 35.5. The zero-order valence-electron chi connectivity index (χ0n) is 11.4. The van der Waals surface area contributed by atoms with Crippen LogP contribution < -0.4 is 10.5 Å². The van der Waals surface area contributed by atoms with E-state index in [1.165, 1.54) is 11.8 Å². The Kier molecular flexibility index (Phi) is 4.99. The van der Waals surface area contributed by atoms with E-state index in [1.807, 2.05) is 0 Å². The Morgan fingerprint density at radius 3 is 2.90 bits per heavy atom. The third-order valence-corrected chi connectivity index (χ3v) is 2.73. The molecule has 0 saturated heterocycles. The van der Waals surface area contributed by atoms with E-state index in [0.29, 0.717) is 22.8 Å². The zero-order valence-corrected chi connectivity index (χ0v) is 11.4. The molecule has 21 heavy (non-hydrogen) atoms. The molecule has 0 atom stereocenters. The van der Waals surface area contributed by atoms with Gasteiger partial charge in [-0.3, -0.25) is 0 Å². The first-order valence-electron chi connectivity index (χ1n) is 6.18.